The number of carboxylic acid groups (broad SMARTS) is 3. The van der Waals surface area contributed by atoms with Gasteiger partial charge in [0, 0.05) is 25.3 Å². The first-order valence-electron chi connectivity index (χ1n) is 16.8. The monoisotopic (exact) mass is 719 g/mol. The third-order valence-corrected chi connectivity index (χ3v) is 8.57. The van der Waals surface area contributed by atoms with Gasteiger partial charge in [-0.15, -0.1) is 0 Å². The first kappa shape index (κ1) is 37.5. The van der Waals surface area contributed by atoms with Gasteiger partial charge in [-0.1, -0.05) is 66.7 Å². The Kier molecular flexibility index (Phi) is 12.0. The molecule has 0 saturated carbocycles. The van der Waals surface area contributed by atoms with Crippen molar-refractivity contribution < 1.29 is 48.8 Å². The fourth-order valence-corrected chi connectivity index (χ4v) is 6.11. The number of fused-ring (bicyclic) bond motifs is 2. The number of amides is 3. The van der Waals surface area contributed by atoms with Crippen LogP contribution in [-0.4, -0.2) is 70.1 Å². The van der Waals surface area contributed by atoms with Crippen LogP contribution in [0, 0.1) is 0 Å². The summed E-state index contributed by atoms with van der Waals surface area (Å²) in [5.41, 5.74) is 0.402. The van der Waals surface area contributed by atoms with Gasteiger partial charge in [-0.2, -0.15) is 0 Å². The average Bonchev–Trinajstić information content (AvgIpc) is 3.14. The minimum atomic E-state index is -1.79. The minimum Gasteiger partial charge on any atom is -0.493 e. The van der Waals surface area contributed by atoms with Crippen LogP contribution in [0.25, 0.3) is 21.5 Å². The Hall–Kier alpha value is -6.76. The molecular formula is C40H37N3O10. The maximum Gasteiger partial charge on any atom is 0.395 e. The van der Waals surface area contributed by atoms with Crippen LogP contribution in [0.5, 0.6) is 5.75 Å². The highest BCUT2D eigenvalue weighted by molar-refractivity contribution is 6.40. The second-order valence-electron chi connectivity index (χ2n) is 12.2. The van der Waals surface area contributed by atoms with E-state index >= 15 is 0 Å². The first-order chi connectivity index (χ1) is 25.5. The Morgan fingerprint density at radius 2 is 1.34 bits per heavy atom. The number of unbranched alkanes of at least 4 members (excludes halogenated alkanes) is 2. The van der Waals surface area contributed by atoms with E-state index < -0.39 is 41.7 Å². The van der Waals surface area contributed by atoms with Gasteiger partial charge >= 0.3 is 23.8 Å². The average molecular weight is 720 g/mol. The topological polar surface area (TPSA) is 200 Å². The highest BCUT2D eigenvalue weighted by atomic mass is 16.5. The van der Waals surface area contributed by atoms with Gasteiger partial charge in [0.15, 0.2) is 0 Å². The lowest BCUT2D eigenvalue weighted by Gasteiger charge is -2.25. The molecule has 5 N–H and O–H groups in total. The molecule has 5 aromatic rings. The van der Waals surface area contributed by atoms with Gasteiger partial charge in [-0.25, -0.2) is 14.4 Å². The van der Waals surface area contributed by atoms with E-state index in [0.717, 1.165) is 15.7 Å². The largest absolute Gasteiger partial charge is 0.493 e. The van der Waals surface area contributed by atoms with Crippen LogP contribution in [0.2, 0.25) is 0 Å². The van der Waals surface area contributed by atoms with Crippen LogP contribution >= 0.6 is 0 Å². The number of para-hydroxylation sites is 1. The summed E-state index contributed by atoms with van der Waals surface area (Å²) in [7, 11) is 0. The summed E-state index contributed by atoms with van der Waals surface area (Å²) in [6.45, 7) is 1.88. The summed E-state index contributed by atoms with van der Waals surface area (Å²) in [4.78, 5) is 75.2. The van der Waals surface area contributed by atoms with E-state index in [-0.39, 0.29) is 41.3 Å². The first-order valence-corrected chi connectivity index (χ1v) is 16.8. The lowest BCUT2D eigenvalue weighted by atomic mass is 9.96. The molecule has 1 atom stereocenters. The van der Waals surface area contributed by atoms with Crippen LogP contribution in [0.3, 0.4) is 0 Å². The molecule has 0 aliphatic heterocycles. The van der Waals surface area contributed by atoms with E-state index in [1.54, 1.807) is 42.5 Å². The number of hydrogen-bond acceptors (Lipinski definition) is 7. The number of nitrogens with zero attached hydrogens (tertiary/aromatic N) is 1. The van der Waals surface area contributed by atoms with Crippen molar-refractivity contribution in [3.8, 4) is 5.75 Å². The second kappa shape index (κ2) is 17.0. The van der Waals surface area contributed by atoms with Crippen LogP contribution < -0.4 is 20.3 Å². The van der Waals surface area contributed by atoms with Crippen molar-refractivity contribution >= 4 is 68.5 Å². The highest BCUT2D eigenvalue weighted by Gasteiger charge is 2.30. The third kappa shape index (κ3) is 8.95. The number of rotatable bonds is 15. The number of aliphatic carboxylic acids is 1. The number of nitrogens with one attached hydrogen (secondary N) is 2. The zero-order chi connectivity index (χ0) is 38.1. The molecule has 5 aromatic carbocycles. The maximum atomic E-state index is 13.3. The Morgan fingerprint density at radius 3 is 2.02 bits per heavy atom. The normalized spacial score (nSPS) is 11.4. The van der Waals surface area contributed by atoms with E-state index in [4.69, 9.17) is 4.74 Å². The molecule has 0 heterocycles. The summed E-state index contributed by atoms with van der Waals surface area (Å²) in [5.74, 6) is -6.15. The molecule has 0 aliphatic rings. The SMILES string of the molecule is CC(=O)N[C@@H](Cc1ccc(N(C(=O)C(=O)O)c2ccccc2C(=O)O)c2ccccc12)C(=O)NCCCCCOc1cc2ccccc2cc1C(=O)O. The molecule has 0 spiro atoms. The standard InChI is InChI=1S/C40H37N3O10/c1-24(44)42-32(36(45)41-19-9-2-10-20-53-35-23-26-12-4-3-11-25(26)21-31(35)39(49)50)22-27-17-18-34(29-14-6-5-13-28(27)29)43(37(46)40(51)52)33-16-8-7-15-30(33)38(47)48/h3-8,11-18,21,23,32H,2,9-10,19-20,22H2,1H3,(H,41,45)(H,42,44)(H,47,48)(H,49,50)(H,51,52)/t32-/m0/s1. The lowest BCUT2D eigenvalue weighted by Crippen LogP contribution is -2.47. The number of anilines is 2. The molecule has 272 valence electrons. The third-order valence-electron chi connectivity index (χ3n) is 8.57. The van der Waals surface area contributed by atoms with Crippen molar-refractivity contribution in [2.75, 3.05) is 18.1 Å². The van der Waals surface area contributed by atoms with Gasteiger partial charge < -0.3 is 30.7 Å². The van der Waals surface area contributed by atoms with Gasteiger partial charge in [0.2, 0.25) is 11.8 Å². The van der Waals surface area contributed by atoms with Crippen molar-refractivity contribution in [1.29, 1.82) is 0 Å². The molecule has 5 rings (SSSR count). The summed E-state index contributed by atoms with van der Waals surface area (Å²) in [6.07, 6.45) is 1.92. The molecule has 53 heavy (non-hydrogen) atoms. The lowest BCUT2D eigenvalue weighted by molar-refractivity contribution is -0.148. The van der Waals surface area contributed by atoms with Gasteiger partial charge in [-0.05, 0) is 71.3 Å². The molecule has 0 aliphatic carbocycles. The molecule has 3 amide bonds. The van der Waals surface area contributed by atoms with E-state index in [1.807, 2.05) is 24.3 Å². The van der Waals surface area contributed by atoms with Crippen molar-refractivity contribution in [1.82, 2.24) is 10.6 Å². The van der Waals surface area contributed by atoms with Crippen molar-refractivity contribution in [3.63, 3.8) is 0 Å². The zero-order valence-corrected chi connectivity index (χ0v) is 28.7. The Balaban J connectivity index is 1.26. The fourth-order valence-electron chi connectivity index (χ4n) is 6.11. The summed E-state index contributed by atoms with van der Waals surface area (Å²) < 4.78 is 5.81. The number of aromatic carboxylic acids is 2. The van der Waals surface area contributed by atoms with E-state index in [0.29, 0.717) is 42.1 Å². The molecule has 0 unspecified atom stereocenters. The van der Waals surface area contributed by atoms with E-state index in [1.165, 1.54) is 37.3 Å². The fraction of sp³-hybridized carbons (Fsp3) is 0.200. The quantitative estimate of drug-likeness (QED) is 0.0675. The highest BCUT2D eigenvalue weighted by Crippen LogP contribution is 2.36. The maximum absolute atomic E-state index is 13.3. The number of carbonyl (C=O) groups is 6. The Bertz CT molecular complexity index is 2220. The van der Waals surface area contributed by atoms with Gasteiger partial charge in [-0.3, -0.25) is 19.3 Å². The zero-order valence-electron chi connectivity index (χ0n) is 28.7. The van der Waals surface area contributed by atoms with Crippen molar-refractivity contribution in [2.45, 2.75) is 38.6 Å². The molecule has 0 fully saturated rings. The molecular weight excluding hydrogens is 682 g/mol. The molecule has 0 bridgehead atoms. The molecule has 0 radical (unpaired) electrons. The number of hydrogen-bond donors (Lipinski definition) is 5. The molecule has 13 heteroatoms. The van der Waals surface area contributed by atoms with Crippen LogP contribution in [0.15, 0.2) is 97.1 Å². The van der Waals surface area contributed by atoms with E-state index in [9.17, 15) is 44.1 Å². The van der Waals surface area contributed by atoms with Gasteiger partial charge in [0.05, 0.1) is 23.5 Å². The molecule has 0 aromatic heterocycles. The van der Waals surface area contributed by atoms with E-state index in [2.05, 4.69) is 10.6 Å². The van der Waals surface area contributed by atoms with Crippen LogP contribution in [0.1, 0.15) is 52.5 Å². The van der Waals surface area contributed by atoms with Crippen molar-refractivity contribution in [3.05, 3.63) is 114 Å². The van der Waals surface area contributed by atoms with Gasteiger partial charge in [0.25, 0.3) is 0 Å². The molecule has 0 saturated heterocycles. The Morgan fingerprint density at radius 1 is 0.698 bits per heavy atom. The number of carboxylic acids is 3. The summed E-state index contributed by atoms with van der Waals surface area (Å²) in [6, 6.07) is 25.2. The van der Waals surface area contributed by atoms with Gasteiger partial charge in [0.1, 0.15) is 17.4 Å². The number of ether oxygens (including phenoxy) is 1. The Labute approximate surface area is 303 Å². The predicted molar refractivity (Wildman–Crippen MR) is 197 cm³/mol. The van der Waals surface area contributed by atoms with Crippen molar-refractivity contribution in [2.24, 2.45) is 0 Å². The summed E-state index contributed by atoms with van der Waals surface area (Å²) >= 11 is 0. The number of benzene rings is 5. The smallest absolute Gasteiger partial charge is 0.395 e. The summed E-state index contributed by atoms with van der Waals surface area (Å²) in [5, 5.41) is 37.3. The van der Waals surface area contributed by atoms with Crippen LogP contribution in [-0.2, 0) is 25.6 Å². The van der Waals surface area contributed by atoms with Crippen LogP contribution in [0.4, 0.5) is 11.4 Å². The minimum absolute atomic E-state index is 0.0519. The molecule has 13 nitrogen and oxygen atoms in total. The number of carbonyl (C=O) groups excluding carboxylic acids is 3. The predicted octanol–water partition coefficient (Wildman–Crippen LogP) is 5.55. The second-order valence-corrected chi connectivity index (χ2v) is 12.2.